The van der Waals surface area contributed by atoms with E-state index in [9.17, 15) is 4.79 Å². The van der Waals surface area contributed by atoms with Crippen LogP contribution in [-0.4, -0.2) is 10.8 Å². The van der Waals surface area contributed by atoms with E-state index in [0.717, 1.165) is 16.5 Å². The number of Topliss-reactive ketones (excluding diaryl/α,β-unsaturated/α-hetero) is 1. The van der Waals surface area contributed by atoms with Gasteiger partial charge in [0.1, 0.15) is 0 Å². The molecule has 1 aliphatic carbocycles. The number of nitrogens with one attached hydrogen (secondary N) is 1. The van der Waals surface area contributed by atoms with Gasteiger partial charge < -0.3 is 4.98 Å². The molecule has 0 spiro atoms. The molecule has 0 aliphatic heterocycles. The van der Waals surface area contributed by atoms with Crippen molar-refractivity contribution in [1.82, 2.24) is 4.98 Å². The summed E-state index contributed by atoms with van der Waals surface area (Å²) in [5, 5.41) is 1.62. The van der Waals surface area contributed by atoms with Gasteiger partial charge in [-0.2, -0.15) is 0 Å². The van der Waals surface area contributed by atoms with Crippen molar-refractivity contribution in [2.45, 2.75) is 32.1 Å². The number of halogens is 1. The first-order valence-electron chi connectivity index (χ1n) is 6.54. The van der Waals surface area contributed by atoms with E-state index in [2.05, 4.69) is 4.98 Å². The van der Waals surface area contributed by atoms with Gasteiger partial charge in [-0.3, -0.25) is 4.79 Å². The maximum absolute atomic E-state index is 12.3. The van der Waals surface area contributed by atoms with Crippen molar-refractivity contribution in [2.75, 3.05) is 0 Å². The van der Waals surface area contributed by atoms with Gasteiger partial charge in [-0.25, -0.2) is 0 Å². The Morgan fingerprint density at radius 1 is 1.33 bits per heavy atom. The van der Waals surface area contributed by atoms with Gasteiger partial charge in [0, 0.05) is 23.6 Å². The molecule has 0 saturated heterocycles. The number of para-hydroxylation sites is 1. The molecule has 0 atom stereocenters. The van der Waals surface area contributed by atoms with Gasteiger partial charge in [-0.1, -0.05) is 49.4 Å². The molecule has 94 valence electrons. The minimum atomic E-state index is 0.246. The summed E-state index contributed by atoms with van der Waals surface area (Å²) in [4.78, 5) is 15.4. The number of H-pyrrole nitrogens is 1. The smallest absolute Gasteiger partial charge is 0.165 e. The van der Waals surface area contributed by atoms with E-state index in [1.165, 1.54) is 25.7 Å². The lowest BCUT2D eigenvalue weighted by Gasteiger charge is -2.06. The summed E-state index contributed by atoms with van der Waals surface area (Å²) in [6, 6.07) is 5.69. The molecule has 1 heterocycles. The van der Waals surface area contributed by atoms with Gasteiger partial charge in [0.2, 0.25) is 0 Å². The molecule has 1 aliphatic rings. The first-order chi connectivity index (χ1) is 8.75. The molecule has 2 aromatic rings. The lowest BCUT2D eigenvalue weighted by molar-refractivity contribution is 0.0964. The van der Waals surface area contributed by atoms with Crippen molar-refractivity contribution >= 4 is 28.3 Å². The second kappa shape index (κ2) is 4.77. The molecule has 0 bridgehead atoms. The number of aromatic nitrogens is 1. The van der Waals surface area contributed by atoms with Crippen molar-refractivity contribution in [3.8, 4) is 0 Å². The molecule has 1 saturated carbocycles. The first kappa shape index (κ1) is 11.8. The highest BCUT2D eigenvalue weighted by Gasteiger charge is 2.21. The molecule has 1 aromatic carbocycles. The highest BCUT2D eigenvalue weighted by Crippen LogP contribution is 2.31. The van der Waals surface area contributed by atoms with E-state index in [1.54, 1.807) is 6.20 Å². The van der Waals surface area contributed by atoms with E-state index < -0.39 is 0 Å². The van der Waals surface area contributed by atoms with Crippen LogP contribution in [0.4, 0.5) is 0 Å². The second-order valence-corrected chi connectivity index (χ2v) is 5.55. The lowest BCUT2D eigenvalue weighted by Crippen LogP contribution is -2.05. The maximum Gasteiger partial charge on any atom is 0.165 e. The van der Waals surface area contributed by atoms with E-state index in [0.29, 0.717) is 17.4 Å². The third-order valence-electron chi connectivity index (χ3n) is 3.91. The standard InChI is InChI=1S/C15H16ClNO/c16-13-7-3-6-11-12(9-17-15(11)13)14(18)8-10-4-1-2-5-10/h3,6-7,9-10,17H,1-2,4-5,8H2. The summed E-state index contributed by atoms with van der Waals surface area (Å²) in [6.07, 6.45) is 7.44. The molecule has 2 nitrogen and oxygen atoms in total. The highest BCUT2D eigenvalue weighted by atomic mass is 35.5. The first-order valence-corrected chi connectivity index (χ1v) is 6.92. The normalized spacial score (nSPS) is 16.5. The van der Waals surface area contributed by atoms with Gasteiger partial charge in [0.15, 0.2) is 5.78 Å². The van der Waals surface area contributed by atoms with Crippen molar-refractivity contribution in [3.63, 3.8) is 0 Å². The van der Waals surface area contributed by atoms with Gasteiger partial charge in [-0.15, -0.1) is 0 Å². The molecule has 0 radical (unpaired) electrons. The summed E-state index contributed by atoms with van der Waals surface area (Å²) in [6.45, 7) is 0. The molecule has 3 rings (SSSR count). The molecule has 1 aromatic heterocycles. The number of hydrogen-bond donors (Lipinski definition) is 1. The van der Waals surface area contributed by atoms with Crippen LogP contribution in [0.3, 0.4) is 0 Å². The van der Waals surface area contributed by atoms with Crippen LogP contribution in [0.5, 0.6) is 0 Å². The Morgan fingerprint density at radius 3 is 2.89 bits per heavy atom. The highest BCUT2D eigenvalue weighted by molar-refractivity contribution is 6.35. The van der Waals surface area contributed by atoms with Crippen molar-refractivity contribution in [1.29, 1.82) is 0 Å². The molecule has 3 heteroatoms. The fourth-order valence-electron chi connectivity index (χ4n) is 2.93. The van der Waals surface area contributed by atoms with Crippen LogP contribution < -0.4 is 0 Å². The molecule has 0 unspecified atom stereocenters. The van der Waals surface area contributed by atoms with Crippen LogP contribution in [0.15, 0.2) is 24.4 Å². The summed E-state index contributed by atoms with van der Waals surface area (Å²) < 4.78 is 0. The molecular weight excluding hydrogens is 246 g/mol. The number of hydrogen-bond acceptors (Lipinski definition) is 1. The zero-order valence-electron chi connectivity index (χ0n) is 10.2. The predicted molar refractivity (Wildman–Crippen MR) is 74.2 cm³/mol. The Balaban J connectivity index is 1.89. The molecule has 1 fully saturated rings. The minimum Gasteiger partial charge on any atom is -0.359 e. The molecular formula is C15H16ClNO. The van der Waals surface area contributed by atoms with Crippen LogP contribution in [0.2, 0.25) is 5.02 Å². The zero-order valence-corrected chi connectivity index (χ0v) is 11.0. The average Bonchev–Trinajstić information content (AvgIpc) is 2.98. The Bertz CT molecular complexity index is 581. The topological polar surface area (TPSA) is 32.9 Å². The minimum absolute atomic E-state index is 0.246. The Labute approximate surface area is 111 Å². The molecule has 1 N–H and O–H groups in total. The largest absolute Gasteiger partial charge is 0.359 e. The van der Waals surface area contributed by atoms with Crippen LogP contribution in [0.1, 0.15) is 42.5 Å². The number of aromatic amines is 1. The molecule has 18 heavy (non-hydrogen) atoms. The third-order valence-corrected chi connectivity index (χ3v) is 4.23. The van der Waals surface area contributed by atoms with Gasteiger partial charge in [0.05, 0.1) is 10.5 Å². The number of fused-ring (bicyclic) bond motifs is 1. The fourth-order valence-corrected chi connectivity index (χ4v) is 3.16. The summed E-state index contributed by atoms with van der Waals surface area (Å²) >= 11 is 6.10. The Kier molecular flexibility index (Phi) is 3.13. The SMILES string of the molecule is O=C(CC1CCCC1)c1c[nH]c2c(Cl)cccc12. The van der Waals surface area contributed by atoms with Crippen molar-refractivity contribution < 1.29 is 4.79 Å². The third kappa shape index (κ3) is 2.05. The predicted octanol–water partition coefficient (Wildman–Crippen LogP) is 4.58. The van der Waals surface area contributed by atoms with E-state index in [4.69, 9.17) is 11.6 Å². The number of carbonyl (C=O) groups excluding carboxylic acids is 1. The molecule has 0 amide bonds. The summed E-state index contributed by atoms with van der Waals surface area (Å²) in [5.41, 5.74) is 1.66. The van der Waals surface area contributed by atoms with Gasteiger partial charge >= 0.3 is 0 Å². The van der Waals surface area contributed by atoms with Gasteiger partial charge in [-0.05, 0) is 12.0 Å². The summed E-state index contributed by atoms with van der Waals surface area (Å²) in [7, 11) is 0. The number of carbonyl (C=O) groups is 1. The van der Waals surface area contributed by atoms with Crippen LogP contribution in [0, 0.1) is 5.92 Å². The van der Waals surface area contributed by atoms with Crippen LogP contribution >= 0.6 is 11.6 Å². The van der Waals surface area contributed by atoms with E-state index in [-0.39, 0.29) is 5.78 Å². The van der Waals surface area contributed by atoms with Gasteiger partial charge in [0.25, 0.3) is 0 Å². The number of benzene rings is 1. The average molecular weight is 262 g/mol. The van der Waals surface area contributed by atoms with E-state index >= 15 is 0 Å². The maximum atomic E-state index is 12.3. The monoisotopic (exact) mass is 261 g/mol. The van der Waals surface area contributed by atoms with Crippen LogP contribution in [-0.2, 0) is 0 Å². The summed E-state index contributed by atoms with van der Waals surface area (Å²) in [5.74, 6) is 0.831. The second-order valence-electron chi connectivity index (χ2n) is 5.14. The van der Waals surface area contributed by atoms with Crippen molar-refractivity contribution in [2.24, 2.45) is 5.92 Å². The van der Waals surface area contributed by atoms with Crippen LogP contribution in [0.25, 0.3) is 10.9 Å². The zero-order chi connectivity index (χ0) is 12.5. The quantitative estimate of drug-likeness (QED) is 0.806. The number of ketones is 1. The fraction of sp³-hybridized carbons (Fsp3) is 0.400. The van der Waals surface area contributed by atoms with Crippen molar-refractivity contribution in [3.05, 3.63) is 35.0 Å². The van der Waals surface area contributed by atoms with E-state index in [1.807, 2.05) is 18.2 Å². The Hall–Kier alpha value is -1.28. The number of rotatable bonds is 3. The Morgan fingerprint density at radius 2 is 2.11 bits per heavy atom. The lowest BCUT2D eigenvalue weighted by atomic mass is 9.97.